The number of aryl methyl sites for hydroxylation is 1. The lowest BCUT2D eigenvalue weighted by Crippen LogP contribution is -2.27. The molecule has 0 saturated carbocycles. The molecule has 1 aromatic carbocycles. The van der Waals surface area contributed by atoms with Crippen molar-refractivity contribution < 1.29 is 9.90 Å². The van der Waals surface area contributed by atoms with Gasteiger partial charge in [0.15, 0.2) is 0 Å². The van der Waals surface area contributed by atoms with Crippen LogP contribution < -0.4 is 5.69 Å². The number of benzene rings is 1. The van der Waals surface area contributed by atoms with E-state index in [1.165, 1.54) is 4.57 Å². The molecule has 2 aromatic rings. The summed E-state index contributed by atoms with van der Waals surface area (Å²) in [7, 11) is 0. The van der Waals surface area contributed by atoms with Gasteiger partial charge in [0.05, 0.1) is 17.1 Å². The maximum absolute atomic E-state index is 12.2. The molecule has 7 heteroatoms. The average molecular weight is 372 g/mol. The number of aromatic nitrogens is 2. The van der Waals surface area contributed by atoms with Crippen LogP contribution in [0.15, 0.2) is 27.5 Å². The SMILES string of the molecule is Cc1nc(=O)n(-c2cc(Br)ccc2Cl)c(C)c1CC(=O)O. The molecule has 1 aromatic heterocycles. The van der Waals surface area contributed by atoms with Gasteiger partial charge in [0.2, 0.25) is 0 Å². The third-order valence-electron chi connectivity index (χ3n) is 3.14. The first-order chi connectivity index (χ1) is 9.81. The molecule has 5 nitrogen and oxygen atoms in total. The second kappa shape index (κ2) is 5.99. The quantitative estimate of drug-likeness (QED) is 0.900. The number of nitrogens with zero attached hydrogens (tertiary/aromatic N) is 2. The number of carboxylic acids is 1. The summed E-state index contributed by atoms with van der Waals surface area (Å²) in [6.07, 6.45) is -0.198. The second-order valence-corrected chi connectivity index (χ2v) is 5.87. The van der Waals surface area contributed by atoms with Gasteiger partial charge in [-0.1, -0.05) is 27.5 Å². The molecule has 2 rings (SSSR count). The summed E-state index contributed by atoms with van der Waals surface area (Å²) in [4.78, 5) is 27.1. The van der Waals surface area contributed by atoms with Crippen molar-refractivity contribution in [3.05, 3.63) is 55.1 Å². The van der Waals surface area contributed by atoms with Crippen molar-refractivity contribution >= 4 is 33.5 Å². The molecule has 0 radical (unpaired) electrons. The molecule has 0 bridgehead atoms. The predicted octanol–water partition coefficient (Wildman–Crippen LogP) is 2.89. The van der Waals surface area contributed by atoms with E-state index in [4.69, 9.17) is 16.7 Å². The first-order valence-corrected chi connectivity index (χ1v) is 7.24. The van der Waals surface area contributed by atoms with Gasteiger partial charge in [0.25, 0.3) is 0 Å². The van der Waals surface area contributed by atoms with E-state index >= 15 is 0 Å². The summed E-state index contributed by atoms with van der Waals surface area (Å²) < 4.78 is 2.09. The molecule has 1 heterocycles. The zero-order valence-electron chi connectivity index (χ0n) is 11.4. The minimum Gasteiger partial charge on any atom is -0.481 e. The minimum atomic E-state index is -0.978. The number of aliphatic carboxylic acids is 1. The highest BCUT2D eigenvalue weighted by Crippen LogP contribution is 2.25. The van der Waals surface area contributed by atoms with Crippen LogP contribution in [0.3, 0.4) is 0 Å². The molecular formula is C14H12BrClN2O3. The van der Waals surface area contributed by atoms with Gasteiger partial charge in [-0.3, -0.25) is 9.36 Å². The Balaban J connectivity index is 2.77. The Morgan fingerprint density at radius 3 is 2.71 bits per heavy atom. The van der Waals surface area contributed by atoms with Gasteiger partial charge in [0, 0.05) is 21.4 Å². The Labute approximate surface area is 134 Å². The van der Waals surface area contributed by atoms with Crippen LogP contribution in [0.4, 0.5) is 0 Å². The molecule has 1 N–H and O–H groups in total. The molecule has 0 fully saturated rings. The molecule has 0 atom stereocenters. The van der Waals surface area contributed by atoms with E-state index in [2.05, 4.69) is 20.9 Å². The summed E-state index contributed by atoms with van der Waals surface area (Å²) in [5.41, 5.74) is 1.43. The van der Waals surface area contributed by atoms with Gasteiger partial charge >= 0.3 is 11.7 Å². The van der Waals surface area contributed by atoms with Crippen LogP contribution in [-0.4, -0.2) is 20.6 Å². The predicted molar refractivity (Wildman–Crippen MR) is 83.4 cm³/mol. The minimum absolute atomic E-state index is 0.198. The van der Waals surface area contributed by atoms with Crippen LogP contribution in [0.2, 0.25) is 5.02 Å². The molecule has 0 aliphatic carbocycles. The third-order valence-corrected chi connectivity index (χ3v) is 3.95. The van der Waals surface area contributed by atoms with Crippen LogP contribution in [0.25, 0.3) is 5.69 Å². The highest BCUT2D eigenvalue weighted by atomic mass is 79.9. The topological polar surface area (TPSA) is 72.2 Å². The molecule has 0 spiro atoms. The summed E-state index contributed by atoms with van der Waals surface area (Å²) >= 11 is 9.48. The number of halogens is 2. The molecule has 0 unspecified atom stereocenters. The van der Waals surface area contributed by atoms with Crippen molar-refractivity contribution in [3.63, 3.8) is 0 Å². The smallest absolute Gasteiger partial charge is 0.352 e. The molecular weight excluding hydrogens is 360 g/mol. The lowest BCUT2D eigenvalue weighted by molar-refractivity contribution is -0.136. The van der Waals surface area contributed by atoms with Gasteiger partial charge in [0.1, 0.15) is 0 Å². The van der Waals surface area contributed by atoms with Crippen LogP contribution in [0.5, 0.6) is 0 Å². The number of rotatable bonds is 3. The summed E-state index contributed by atoms with van der Waals surface area (Å²) in [6, 6.07) is 5.11. The molecule has 110 valence electrons. The van der Waals surface area contributed by atoms with E-state index in [1.807, 2.05) is 0 Å². The molecule has 0 aliphatic rings. The molecule has 0 aliphatic heterocycles. The van der Waals surface area contributed by atoms with Gasteiger partial charge in [-0.2, -0.15) is 4.98 Å². The van der Waals surface area contributed by atoms with Gasteiger partial charge in [-0.05, 0) is 32.0 Å². The van der Waals surface area contributed by atoms with Gasteiger partial charge in [-0.25, -0.2) is 4.79 Å². The van der Waals surface area contributed by atoms with E-state index < -0.39 is 11.7 Å². The average Bonchev–Trinajstić information content (AvgIpc) is 2.38. The maximum atomic E-state index is 12.2. The summed E-state index contributed by atoms with van der Waals surface area (Å²) in [5, 5.41) is 9.38. The summed E-state index contributed by atoms with van der Waals surface area (Å²) in [5.74, 6) is -0.978. The van der Waals surface area contributed by atoms with Crippen molar-refractivity contribution in [3.8, 4) is 5.69 Å². The van der Waals surface area contributed by atoms with E-state index in [1.54, 1.807) is 32.0 Å². The molecule has 21 heavy (non-hydrogen) atoms. The van der Waals surface area contributed by atoms with Gasteiger partial charge in [-0.15, -0.1) is 0 Å². The number of hydrogen-bond donors (Lipinski definition) is 1. The Kier molecular flexibility index (Phi) is 4.49. The molecule has 0 saturated heterocycles. The van der Waals surface area contributed by atoms with Gasteiger partial charge < -0.3 is 5.11 Å². The monoisotopic (exact) mass is 370 g/mol. The van der Waals surface area contributed by atoms with E-state index in [9.17, 15) is 9.59 Å². The van der Waals surface area contributed by atoms with Crippen molar-refractivity contribution in [2.45, 2.75) is 20.3 Å². The zero-order chi connectivity index (χ0) is 15.7. The fraction of sp³-hybridized carbons (Fsp3) is 0.214. The van der Waals surface area contributed by atoms with E-state index in [0.717, 1.165) is 4.47 Å². The van der Waals surface area contributed by atoms with Crippen LogP contribution in [0, 0.1) is 13.8 Å². The largest absolute Gasteiger partial charge is 0.481 e. The van der Waals surface area contributed by atoms with Crippen molar-refractivity contribution in [1.29, 1.82) is 0 Å². The fourth-order valence-electron chi connectivity index (χ4n) is 2.15. The third kappa shape index (κ3) is 3.16. The van der Waals surface area contributed by atoms with E-state index in [-0.39, 0.29) is 6.42 Å². The normalized spacial score (nSPS) is 10.7. The standard InChI is InChI=1S/C14H12BrClN2O3/c1-7-10(6-13(19)20)8(2)18(14(21)17-7)12-5-9(15)3-4-11(12)16/h3-5H,6H2,1-2H3,(H,19,20). The Morgan fingerprint density at radius 2 is 2.10 bits per heavy atom. The first-order valence-electron chi connectivity index (χ1n) is 6.07. The first kappa shape index (κ1) is 15.7. The Hall–Kier alpha value is -1.66. The van der Waals surface area contributed by atoms with Crippen molar-refractivity contribution in [2.24, 2.45) is 0 Å². The highest BCUT2D eigenvalue weighted by Gasteiger charge is 2.17. The van der Waals surface area contributed by atoms with Crippen LogP contribution in [0.1, 0.15) is 17.0 Å². The summed E-state index contributed by atoms with van der Waals surface area (Å²) in [6.45, 7) is 3.31. The lowest BCUT2D eigenvalue weighted by Gasteiger charge is -2.15. The second-order valence-electron chi connectivity index (χ2n) is 4.55. The number of carboxylic acid groups (broad SMARTS) is 1. The fourth-order valence-corrected chi connectivity index (χ4v) is 2.70. The number of carbonyl (C=O) groups is 1. The maximum Gasteiger partial charge on any atom is 0.352 e. The zero-order valence-corrected chi connectivity index (χ0v) is 13.7. The lowest BCUT2D eigenvalue weighted by atomic mass is 10.1. The highest BCUT2D eigenvalue weighted by molar-refractivity contribution is 9.10. The Bertz CT molecular complexity index is 787. The van der Waals surface area contributed by atoms with Crippen molar-refractivity contribution in [2.75, 3.05) is 0 Å². The van der Waals surface area contributed by atoms with Crippen molar-refractivity contribution in [1.82, 2.24) is 9.55 Å². The Morgan fingerprint density at radius 1 is 1.43 bits per heavy atom. The molecule has 0 amide bonds. The van der Waals surface area contributed by atoms with E-state index in [0.29, 0.717) is 27.7 Å². The van der Waals surface area contributed by atoms with Crippen LogP contribution >= 0.6 is 27.5 Å². The number of hydrogen-bond acceptors (Lipinski definition) is 3. The van der Waals surface area contributed by atoms with Crippen LogP contribution in [-0.2, 0) is 11.2 Å².